The highest BCUT2D eigenvalue weighted by molar-refractivity contribution is 7.91. The lowest BCUT2D eigenvalue weighted by Gasteiger charge is -2.10. The first-order valence-electron chi connectivity index (χ1n) is 8.18. The van der Waals surface area contributed by atoms with Crippen LogP contribution in [0.25, 0.3) is 11.3 Å². The fourth-order valence-electron chi connectivity index (χ4n) is 2.87. The molecule has 1 saturated heterocycles. The molecule has 1 aliphatic heterocycles. The molecule has 0 radical (unpaired) electrons. The Morgan fingerprint density at radius 3 is 2.64 bits per heavy atom. The number of aryl methyl sites for hydroxylation is 1. The quantitative estimate of drug-likeness (QED) is 0.850. The topological polar surface area (TPSA) is 85.6 Å². The molecule has 1 aromatic heterocycles. The Balaban J connectivity index is 1.52. The molecule has 1 amide bonds. The van der Waals surface area contributed by atoms with Crippen LogP contribution in [-0.4, -0.2) is 39.0 Å². The fraction of sp³-hybridized carbons (Fsp3) is 0.389. The predicted octanol–water partition coefficient (Wildman–Crippen LogP) is 2.19. The van der Waals surface area contributed by atoms with Crippen LogP contribution in [0.3, 0.4) is 0 Å². The van der Waals surface area contributed by atoms with Crippen LogP contribution in [-0.2, 0) is 21.1 Å². The second kappa shape index (κ2) is 7.31. The number of hydrogen-bond acceptors (Lipinski definition) is 5. The van der Waals surface area contributed by atoms with Gasteiger partial charge in [-0.2, -0.15) is 0 Å². The molecule has 134 valence electrons. The van der Waals surface area contributed by atoms with Crippen molar-refractivity contribution in [3.63, 3.8) is 0 Å². The summed E-state index contributed by atoms with van der Waals surface area (Å²) < 4.78 is 33.7. The molecule has 1 fully saturated rings. The minimum Gasteiger partial charge on any atom is -0.497 e. The third-order valence-electron chi connectivity index (χ3n) is 4.23. The van der Waals surface area contributed by atoms with Crippen molar-refractivity contribution in [2.75, 3.05) is 18.6 Å². The van der Waals surface area contributed by atoms with E-state index in [4.69, 9.17) is 9.15 Å². The summed E-state index contributed by atoms with van der Waals surface area (Å²) in [6, 6.07) is 11.0. The predicted molar refractivity (Wildman–Crippen MR) is 94.2 cm³/mol. The molecule has 25 heavy (non-hydrogen) atoms. The number of nitrogens with one attached hydrogen (secondary N) is 1. The summed E-state index contributed by atoms with van der Waals surface area (Å²) in [5, 5.41) is 2.78. The summed E-state index contributed by atoms with van der Waals surface area (Å²) in [7, 11) is -1.37. The van der Waals surface area contributed by atoms with E-state index < -0.39 is 9.84 Å². The molecule has 0 unspecified atom stereocenters. The number of rotatable bonds is 6. The summed E-state index contributed by atoms with van der Waals surface area (Å²) in [4.78, 5) is 12.0. The largest absolute Gasteiger partial charge is 0.497 e. The summed E-state index contributed by atoms with van der Waals surface area (Å²) >= 11 is 0. The van der Waals surface area contributed by atoms with E-state index in [2.05, 4.69) is 5.32 Å². The van der Waals surface area contributed by atoms with Gasteiger partial charge in [0.05, 0.1) is 18.6 Å². The number of benzene rings is 1. The average molecular weight is 363 g/mol. The maximum absolute atomic E-state index is 12.0. The van der Waals surface area contributed by atoms with Crippen LogP contribution >= 0.6 is 0 Å². The highest BCUT2D eigenvalue weighted by Gasteiger charge is 2.28. The average Bonchev–Trinajstić information content (AvgIpc) is 3.19. The van der Waals surface area contributed by atoms with Crippen molar-refractivity contribution >= 4 is 15.7 Å². The van der Waals surface area contributed by atoms with Crippen LogP contribution in [0.4, 0.5) is 0 Å². The van der Waals surface area contributed by atoms with Gasteiger partial charge in [-0.1, -0.05) is 0 Å². The van der Waals surface area contributed by atoms with Crippen LogP contribution < -0.4 is 10.1 Å². The molecular weight excluding hydrogens is 342 g/mol. The van der Waals surface area contributed by atoms with Crippen LogP contribution in [0.5, 0.6) is 5.75 Å². The number of sulfone groups is 1. The number of carbonyl (C=O) groups excluding carboxylic acids is 1. The fourth-order valence-corrected chi connectivity index (χ4v) is 4.54. The highest BCUT2D eigenvalue weighted by atomic mass is 32.2. The molecule has 0 bridgehead atoms. The van der Waals surface area contributed by atoms with Gasteiger partial charge in [0.15, 0.2) is 9.84 Å². The van der Waals surface area contributed by atoms with Crippen molar-refractivity contribution < 1.29 is 22.4 Å². The number of hydrogen-bond donors (Lipinski definition) is 1. The van der Waals surface area contributed by atoms with Crippen molar-refractivity contribution in [3.05, 3.63) is 42.2 Å². The van der Waals surface area contributed by atoms with Gasteiger partial charge in [0, 0.05) is 24.4 Å². The Labute approximate surface area is 147 Å². The maximum atomic E-state index is 12.0. The first-order valence-corrected chi connectivity index (χ1v) is 10.0. The zero-order chi connectivity index (χ0) is 17.9. The van der Waals surface area contributed by atoms with E-state index in [1.54, 1.807) is 7.11 Å². The molecule has 3 rings (SSSR count). The van der Waals surface area contributed by atoms with E-state index in [-0.39, 0.29) is 29.9 Å². The molecule has 1 aromatic carbocycles. The smallest absolute Gasteiger partial charge is 0.220 e. The second-order valence-electron chi connectivity index (χ2n) is 6.16. The van der Waals surface area contributed by atoms with Gasteiger partial charge in [-0.25, -0.2) is 8.42 Å². The molecule has 0 saturated carbocycles. The van der Waals surface area contributed by atoms with E-state index in [9.17, 15) is 13.2 Å². The summed E-state index contributed by atoms with van der Waals surface area (Å²) in [6.07, 6.45) is 1.24. The van der Waals surface area contributed by atoms with Gasteiger partial charge in [0.2, 0.25) is 5.91 Å². The molecule has 1 atom stereocenters. The van der Waals surface area contributed by atoms with Crippen molar-refractivity contribution in [1.29, 1.82) is 0 Å². The lowest BCUT2D eigenvalue weighted by Crippen LogP contribution is -2.35. The van der Waals surface area contributed by atoms with Gasteiger partial charge in [0.1, 0.15) is 17.3 Å². The molecule has 6 nitrogen and oxygen atoms in total. The van der Waals surface area contributed by atoms with Gasteiger partial charge < -0.3 is 14.5 Å². The molecule has 7 heteroatoms. The van der Waals surface area contributed by atoms with Gasteiger partial charge >= 0.3 is 0 Å². The Hall–Kier alpha value is -2.28. The number of carbonyl (C=O) groups is 1. The third-order valence-corrected chi connectivity index (χ3v) is 6.00. The lowest BCUT2D eigenvalue weighted by atomic mass is 10.2. The van der Waals surface area contributed by atoms with Crippen molar-refractivity contribution in [2.45, 2.75) is 25.3 Å². The molecule has 0 aliphatic carbocycles. The summed E-state index contributed by atoms with van der Waals surface area (Å²) in [6.45, 7) is 0. The van der Waals surface area contributed by atoms with Crippen LogP contribution in [0.15, 0.2) is 40.8 Å². The zero-order valence-electron chi connectivity index (χ0n) is 14.0. The van der Waals surface area contributed by atoms with Gasteiger partial charge in [-0.05, 0) is 42.8 Å². The van der Waals surface area contributed by atoms with E-state index in [1.807, 2.05) is 36.4 Å². The van der Waals surface area contributed by atoms with Crippen LogP contribution in [0, 0.1) is 0 Å². The van der Waals surface area contributed by atoms with E-state index >= 15 is 0 Å². The normalized spacial score (nSPS) is 18.8. The monoisotopic (exact) mass is 363 g/mol. The number of ether oxygens (including phenoxy) is 1. The van der Waals surface area contributed by atoms with Crippen molar-refractivity contribution in [3.8, 4) is 17.1 Å². The zero-order valence-corrected chi connectivity index (χ0v) is 14.8. The number of methoxy groups -OCH3 is 1. The molecule has 2 heterocycles. The van der Waals surface area contributed by atoms with Gasteiger partial charge in [-0.3, -0.25) is 4.79 Å². The van der Waals surface area contributed by atoms with E-state index in [0.29, 0.717) is 12.8 Å². The standard InChI is InChI=1S/C18H21NO5S/c1-23-15-4-2-13(3-5-15)17-8-6-16(24-17)7-9-18(20)19-14-10-11-25(21,22)12-14/h2-6,8,14H,7,9-12H2,1H3,(H,19,20)/t14-/m1/s1. The first kappa shape index (κ1) is 17.5. The molecular formula is C18H21NO5S. The SMILES string of the molecule is COc1ccc(-c2ccc(CCC(=O)N[C@@H]3CCS(=O)(=O)C3)o2)cc1. The minimum absolute atomic E-state index is 0.0428. The van der Waals surface area contributed by atoms with Gasteiger partial charge in [0.25, 0.3) is 0 Å². The second-order valence-corrected chi connectivity index (χ2v) is 8.39. The third kappa shape index (κ3) is 4.63. The van der Waals surface area contributed by atoms with Crippen LogP contribution in [0.1, 0.15) is 18.6 Å². The number of furan rings is 1. The molecule has 0 spiro atoms. The molecule has 1 aliphatic rings. The molecule has 1 N–H and O–H groups in total. The van der Waals surface area contributed by atoms with E-state index in [0.717, 1.165) is 22.8 Å². The highest BCUT2D eigenvalue weighted by Crippen LogP contribution is 2.25. The maximum Gasteiger partial charge on any atom is 0.220 e. The van der Waals surface area contributed by atoms with Crippen molar-refractivity contribution in [2.24, 2.45) is 0 Å². The lowest BCUT2D eigenvalue weighted by molar-refractivity contribution is -0.121. The minimum atomic E-state index is -2.98. The first-order chi connectivity index (χ1) is 11.9. The summed E-state index contributed by atoms with van der Waals surface area (Å²) in [5.41, 5.74) is 0.938. The Bertz CT molecular complexity index is 839. The molecule has 2 aromatic rings. The van der Waals surface area contributed by atoms with E-state index in [1.165, 1.54) is 0 Å². The Morgan fingerprint density at radius 2 is 2.00 bits per heavy atom. The number of amides is 1. The Morgan fingerprint density at radius 1 is 1.24 bits per heavy atom. The Kier molecular flexibility index (Phi) is 5.13. The van der Waals surface area contributed by atoms with Crippen LogP contribution in [0.2, 0.25) is 0 Å². The summed E-state index contributed by atoms with van der Waals surface area (Å²) in [5.74, 6) is 2.29. The van der Waals surface area contributed by atoms with Crippen molar-refractivity contribution in [1.82, 2.24) is 5.32 Å². The van der Waals surface area contributed by atoms with Gasteiger partial charge in [-0.15, -0.1) is 0 Å².